The Morgan fingerprint density at radius 1 is 1.05 bits per heavy atom. The van der Waals surface area contributed by atoms with Crippen LogP contribution < -0.4 is 0 Å². The van der Waals surface area contributed by atoms with Gasteiger partial charge in [0.1, 0.15) is 0 Å². The maximum Gasteiger partial charge on any atom is 0.254 e. The topological polar surface area (TPSA) is 33.2 Å². The molecule has 1 amide bonds. The molecule has 1 fully saturated rings. The van der Waals surface area contributed by atoms with E-state index in [0.29, 0.717) is 6.04 Å². The van der Waals surface area contributed by atoms with Crippen molar-refractivity contribution in [2.24, 2.45) is 0 Å². The summed E-state index contributed by atoms with van der Waals surface area (Å²) in [5.41, 5.74) is 3.20. The molecular formula is C19H20N2O. The molecule has 22 heavy (non-hydrogen) atoms. The summed E-state index contributed by atoms with van der Waals surface area (Å²) in [6.45, 7) is 0. The molecule has 1 aromatic carbocycles. The number of fused-ring (bicyclic) bond motifs is 1. The van der Waals surface area contributed by atoms with E-state index < -0.39 is 0 Å². The first-order valence-electron chi connectivity index (χ1n) is 8.15. The maximum atomic E-state index is 13.1. The fourth-order valence-electron chi connectivity index (χ4n) is 3.95. The van der Waals surface area contributed by atoms with Crippen molar-refractivity contribution < 1.29 is 4.79 Å². The van der Waals surface area contributed by atoms with E-state index in [2.05, 4.69) is 22.0 Å². The van der Waals surface area contributed by atoms with Gasteiger partial charge in [0.05, 0.1) is 6.04 Å². The summed E-state index contributed by atoms with van der Waals surface area (Å²) < 4.78 is 0. The number of carbonyl (C=O) groups is 1. The Balaban J connectivity index is 1.79. The fourth-order valence-corrected chi connectivity index (χ4v) is 3.95. The number of aromatic nitrogens is 1. The van der Waals surface area contributed by atoms with Crippen LogP contribution in [0.15, 0.2) is 48.8 Å². The van der Waals surface area contributed by atoms with E-state index in [0.717, 1.165) is 36.0 Å². The predicted molar refractivity (Wildman–Crippen MR) is 85.5 cm³/mol. The minimum atomic E-state index is 0.124. The maximum absolute atomic E-state index is 13.1. The highest BCUT2D eigenvalue weighted by atomic mass is 16.2. The second-order valence-electron chi connectivity index (χ2n) is 6.31. The van der Waals surface area contributed by atoms with Gasteiger partial charge in [-0.05, 0) is 42.5 Å². The van der Waals surface area contributed by atoms with Gasteiger partial charge < -0.3 is 4.90 Å². The van der Waals surface area contributed by atoms with Crippen molar-refractivity contribution in [1.82, 2.24) is 9.88 Å². The summed E-state index contributed by atoms with van der Waals surface area (Å²) in [7, 11) is 0. The first kappa shape index (κ1) is 13.5. The molecule has 1 atom stereocenters. The van der Waals surface area contributed by atoms with E-state index >= 15 is 0 Å². The molecule has 3 heteroatoms. The highest BCUT2D eigenvalue weighted by Crippen LogP contribution is 2.38. The molecule has 1 aromatic heterocycles. The third-order valence-electron chi connectivity index (χ3n) is 5.02. The molecule has 1 aliphatic carbocycles. The summed E-state index contributed by atoms with van der Waals surface area (Å²) >= 11 is 0. The number of hydrogen-bond donors (Lipinski definition) is 0. The average Bonchev–Trinajstić information content (AvgIpc) is 3.10. The highest BCUT2D eigenvalue weighted by molar-refractivity contribution is 5.97. The first-order valence-corrected chi connectivity index (χ1v) is 8.15. The van der Waals surface area contributed by atoms with Crippen molar-refractivity contribution in [1.29, 1.82) is 0 Å². The molecule has 0 bridgehead atoms. The monoisotopic (exact) mass is 292 g/mol. The van der Waals surface area contributed by atoms with E-state index in [1.807, 2.05) is 30.5 Å². The zero-order valence-electron chi connectivity index (χ0n) is 12.6. The van der Waals surface area contributed by atoms with Gasteiger partial charge in [-0.1, -0.05) is 37.1 Å². The molecule has 0 radical (unpaired) electrons. The number of pyridine rings is 1. The Bertz CT molecular complexity index is 677. The number of rotatable bonds is 2. The van der Waals surface area contributed by atoms with Crippen LogP contribution in [0.2, 0.25) is 0 Å². The van der Waals surface area contributed by atoms with E-state index in [1.165, 1.54) is 12.8 Å². The molecule has 0 N–H and O–H groups in total. The lowest BCUT2D eigenvalue weighted by atomic mass is 9.88. The van der Waals surface area contributed by atoms with Crippen molar-refractivity contribution in [3.63, 3.8) is 0 Å². The fraction of sp³-hybridized carbons (Fsp3) is 0.368. The Labute approximate surface area is 131 Å². The molecule has 0 saturated heterocycles. The standard InChI is InChI=1S/C19H20N2O/c22-19-17-10-4-1-6-14(17)12-18(15-7-5-11-20-13-15)21(19)16-8-2-3-9-16/h1,4-7,10-11,13,16,18H,2-3,8-9,12H2. The Hall–Kier alpha value is -2.16. The van der Waals surface area contributed by atoms with Crippen LogP contribution in [0.4, 0.5) is 0 Å². The highest BCUT2D eigenvalue weighted by Gasteiger charge is 2.38. The van der Waals surface area contributed by atoms with Crippen LogP contribution in [0.1, 0.15) is 53.2 Å². The second-order valence-corrected chi connectivity index (χ2v) is 6.31. The van der Waals surface area contributed by atoms with Gasteiger partial charge in [0.25, 0.3) is 5.91 Å². The van der Waals surface area contributed by atoms with Gasteiger partial charge in [0.15, 0.2) is 0 Å². The third-order valence-corrected chi connectivity index (χ3v) is 5.02. The quantitative estimate of drug-likeness (QED) is 0.844. The SMILES string of the molecule is O=C1c2ccccc2CC(c2cccnc2)N1C1CCCC1. The molecule has 1 aliphatic heterocycles. The second kappa shape index (κ2) is 5.56. The molecule has 2 aliphatic rings. The lowest BCUT2D eigenvalue weighted by molar-refractivity contribution is 0.0538. The van der Waals surface area contributed by atoms with Gasteiger partial charge in [0.2, 0.25) is 0 Å². The molecule has 1 unspecified atom stereocenters. The Morgan fingerprint density at radius 3 is 2.64 bits per heavy atom. The van der Waals surface area contributed by atoms with Crippen molar-refractivity contribution in [2.45, 2.75) is 44.2 Å². The normalized spacial score (nSPS) is 21.9. The number of hydrogen-bond acceptors (Lipinski definition) is 2. The van der Waals surface area contributed by atoms with Crippen molar-refractivity contribution >= 4 is 5.91 Å². The van der Waals surface area contributed by atoms with Crippen LogP contribution in [-0.2, 0) is 6.42 Å². The number of carbonyl (C=O) groups excluding carboxylic acids is 1. The molecule has 2 aromatic rings. The average molecular weight is 292 g/mol. The molecule has 4 rings (SSSR count). The zero-order valence-corrected chi connectivity index (χ0v) is 12.6. The third kappa shape index (κ3) is 2.21. The van der Waals surface area contributed by atoms with Crippen LogP contribution in [0, 0.1) is 0 Å². The van der Waals surface area contributed by atoms with E-state index in [9.17, 15) is 4.79 Å². The number of benzene rings is 1. The predicted octanol–water partition coefficient (Wildman–Crippen LogP) is 3.76. The van der Waals surface area contributed by atoms with Crippen LogP contribution in [0.25, 0.3) is 0 Å². The molecule has 2 heterocycles. The summed E-state index contributed by atoms with van der Waals surface area (Å²) in [6.07, 6.45) is 9.32. The summed E-state index contributed by atoms with van der Waals surface area (Å²) in [5, 5.41) is 0. The molecule has 112 valence electrons. The summed E-state index contributed by atoms with van der Waals surface area (Å²) in [4.78, 5) is 19.5. The van der Waals surface area contributed by atoms with Crippen LogP contribution in [0.5, 0.6) is 0 Å². The minimum absolute atomic E-state index is 0.124. The van der Waals surface area contributed by atoms with Crippen LogP contribution in [-0.4, -0.2) is 21.8 Å². The molecular weight excluding hydrogens is 272 g/mol. The summed E-state index contributed by atoms with van der Waals surface area (Å²) in [5.74, 6) is 0.197. The zero-order chi connectivity index (χ0) is 14.9. The molecule has 1 saturated carbocycles. The van der Waals surface area contributed by atoms with Gasteiger partial charge >= 0.3 is 0 Å². The van der Waals surface area contributed by atoms with Crippen molar-refractivity contribution in [3.05, 3.63) is 65.5 Å². The van der Waals surface area contributed by atoms with Gasteiger partial charge in [-0.3, -0.25) is 9.78 Å². The summed E-state index contributed by atoms with van der Waals surface area (Å²) in [6, 6.07) is 12.6. The van der Waals surface area contributed by atoms with E-state index in [4.69, 9.17) is 0 Å². The van der Waals surface area contributed by atoms with Crippen molar-refractivity contribution in [3.8, 4) is 0 Å². The van der Waals surface area contributed by atoms with Crippen molar-refractivity contribution in [2.75, 3.05) is 0 Å². The van der Waals surface area contributed by atoms with Gasteiger partial charge in [0, 0.05) is 24.0 Å². The Morgan fingerprint density at radius 2 is 1.86 bits per heavy atom. The smallest absolute Gasteiger partial charge is 0.254 e. The lowest BCUT2D eigenvalue weighted by Gasteiger charge is -2.40. The molecule has 0 spiro atoms. The van der Waals surface area contributed by atoms with Gasteiger partial charge in [-0.15, -0.1) is 0 Å². The number of amides is 1. The van der Waals surface area contributed by atoms with Crippen LogP contribution >= 0.6 is 0 Å². The van der Waals surface area contributed by atoms with Gasteiger partial charge in [-0.2, -0.15) is 0 Å². The van der Waals surface area contributed by atoms with Crippen LogP contribution in [0.3, 0.4) is 0 Å². The van der Waals surface area contributed by atoms with E-state index in [1.54, 1.807) is 6.20 Å². The molecule has 3 nitrogen and oxygen atoms in total. The number of nitrogens with zero attached hydrogens (tertiary/aromatic N) is 2. The van der Waals surface area contributed by atoms with Gasteiger partial charge in [-0.25, -0.2) is 0 Å². The lowest BCUT2D eigenvalue weighted by Crippen LogP contribution is -2.45. The van der Waals surface area contributed by atoms with E-state index in [-0.39, 0.29) is 11.9 Å². The Kier molecular flexibility index (Phi) is 3.41. The minimum Gasteiger partial charge on any atom is -0.328 e. The largest absolute Gasteiger partial charge is 0.328 e. The first-order chi connectivity index (χ1) is 10.8.